The van der Waals surface area contributed by atoms with Gasteiger partial charge in [0.05, 0.1) is 12.7 Å². The van der Waals surface area contributed by atoms with Gasteiger partial charge in [-0.05, 0) is 39.2 Å². The van der Waals surface area contributed by atoms with E-state index in [1.807, 2.05) is 6.92 Å². The van der Waals surface area contributed by atoms with E-state index in [4.69, 9.17) is 10.3 Å². The van der Waals surface area contributed by atoms with Gasteiger partial charge in [-0.1, -0.05) is 19.8 Å². The summed E-state index contributed by atoms with van der Waals surface area (Å²) >= 11 is 0. The Bertz CT molecular complexity index is 529. The first kappa shape index (κ1) is 23.2. The van der Waals surface area contributed by atoms with E-state index in [-0.39, 0.29) is 25.2 Å². The summed E-state index contributed by atoms with van der Waals surface area (Å²) in [6, 6.07) is -0.376. The second kappa shape index (κ2) is 10.5. The van der Waals surface area contributed by atoms with Gasteiger partial charge in [-0.3, -0.25) is 9.09 Å². The number of hydrogen-bond acceptors (Lipinski definition) is 5. The molecule has 1 aliphatic heterocycles. The Labute approximate surface area is 155 Å². The van der Waals surface area contributed by atoms with Gasteiger partial charge >= 0.3 is 19.6 Å². The lowest BCUT2D eigenvalue weighted by molar-refractivity contribution is -0.794. The molecule has 0 aromatic heterocycles. The zero-order valence-corrected chi connectivity index (χ0v) is 16.8. The number of carbonyl (C=O) groups excluding carboxylic acids is 1. The highest BCUT2D eigenvalue weighted by Gasteiger charge is 2.56. The predicted molar refractivity (Wildman–Crippen MR) is 98.9 cm³/mol. The van der Waals surface area contributed by atoms with Crippen LogP contribution in [0.2, 0.25) is 0 Å². The molecule has 9 heteroatoms. The molecule has 2 unspecified atom stereocenters. The Morgan fingerprint density at radius 3 is 2.50 bits per heavy atom. The maximum atomic E-state index is 13.1. The van der Waals surface area contributed by atoms with Gasteiger partial charge in [0.15, 0.2) is 6.10 Å². The van der Waals surface area contributed by atoms with Crippen LogP contribution in [0.4, 0.5) is 4.79 Å². The van der Waals surface area contributed by atoms with E-state index in [2.05, 4.69) is 0 Å². The number of nitrogens with two attached hydrogens (primary N) is 1. The highest BCUT2D eigenvalue weighted by atomic mass is 31.2. The van der Waals surface area contributed by atoms with Crippen LogP contribution in [-0.2, 0) is 13.9 Å². The maximum absolute atomic E-state index is 13.1. The molecule has 0 spiro atoms. The van der Waals surface area contributed by atoms with Crippen LogP contribution in [0.5, 0.6) is 0 Å². The minimum absolute atomic E-state index is 0.0237. The van der Waals surface area contributed by atoms with Gasteiger partial charge < -0.3 is 15.7 Å². The number of hydrogen-bond donors (Lipinski definition) is 3. The van der Waals surface area contributed by atoms with E-state index in [1.165, 1.54) is 0 Å². The number of quaternary nitrogens is 1. The first-order chi connectivity index (χ1) is 12.2. The SMILES string of the molecule is CCCCCP(=O)(O)O[C@@H](CCCCN)C(=O)[N+]1(C(=O)O)CCC[C@H]1C. The smallest absolute Gasteiger partial charge is 0.435 e. The topological polar surface area (TPSA) is 127 Å². The summed E-state index contributed by atoms with van der Waals surface area (Å²) in [6.07, 6.45) is 2.42. The van der Waals surface area contributed by atoms with Crippen LogP contribution in [0.25, 0.3) is 0 Å². The largest absolute Gasteiger partial charge is 0.521 e. The fourth-order valence-corrected chi connectivity index (χ4v) is 4.87. The average Bonchev–Trinajstić information content (AvgIpc) is 2.96. The molecule has 0 radical (unpaired) electrons. The van der Waals surface area contributed by atoms with E-state index in [9.17, 15) is 24.2 Å². The zero-order valence-electron chi connectivity index (χ0n) is 15.9. The van der Waals surface area contributed by atoms with Crippen molar-refractivity contribution in [2.45, 2.75) is 77.4 Å². The second-order valence-electron chi connectivity index (χ2n) is 7.15. The summed E-state index contributed by atoms with van der Waals surface area (Å²) in [5, 5.41) is 9.74. The fraction of sp³-hybridized carbons (Fsp3) is 0.882. The van der Waals surface area contributed by atoms with Crippen LogP contribution in [-0.4, -0.2) is 57.9 Å². The molecular formula is C17H34N2O6P+. The molecule has 1 aliphatic rings. The van der Waals surface area contributed by atoms with Gasteiger partial charge in [0, 0.05) is 12.8 Å². The number of rotatable bonds is 11. The molecule has 152 valence electrons. The van der Waals surface area contributed by atoms with Crippen LogP contribution < -0.4 is 5.73 Å². The van der Waals surface area contributed by atoms with Crippen LogP contribution in [0, 0.1) is 0 Å². The number of unbranched alkanes of at least 4 members (excludes halogenated alkanes) is 3. The van der Waals surface area contributed by atoms with Crippen molar-refractivity contribution in [1.82, 2.24) is 0 Å². The quantitative estimate of drug-likeness (QED) is 0.280. The third-order valence-corrected chi connectivity index (χ3v) is 6.62. The third kappa shape index (κ3) is 5.86. The minimum atomic E-state index is -3.96. The lowest BCUT2D eigenvalue weighted by Crippen LogP contribution is -2.62. The lowest BCUT2D eigenvalue weighted by Gasteiger charge is -2.33. The minimum Gasteiger partial charge on any atom is -0.435 e. The monoisotopic (exact) mass is 393 g/mol. The van der Waals surface area contributed by atoms with Gasteiger partial charge in [0.2, 0.25) is 0 Å². The second-order valence-corrected chi connectivity index (χ2v) is 9.08. The first-order valence-corrected chi connectivity index (χ1v) is 11.3. The van der Waals surface area contributed by atoms with E-state index in [0.717, 1.165) is 12.8 Å². The molecular weight excluding hydrogens is 359 g/mol. The Kier molecular flexibility index (Phi) is 9.41. The fourth-order valence-electron chi connectivity index (χ4n) is 3.55. The van der Waals surface area contributed by atoms with Crippen molar-refractivity contribution in [3.05, 3.63) is 0 Å². The molecule has 0 aromatic rings. The number of nitrogens with zero attached hydrogens (tertiary/aromatic N) is 1. The van der Waals surface area contributed by atoms with Gasteiger partial charge in [-0.2, -0.15) is 9.28 Å². The van der Waals surface area contributed by atoms with E-state index in [1.54, 1.807) is 6.92 Å². The number of amides is 2. The van der Waals surface area contributed by atoms with Gasteiger partial charge in [-0.15, -0.1) is 0 Å². The molecule has 0 aromatic carbocycles. The van der Waals surface area contributed by atoms with Crippen molar-refractivity contribution < 1.29 is 33.2 Å². The third-order valence-electron chi connectivity index (χ3n) is 5.15. The highest BCUT2D eigenvalue weighted by Crippen LogP contribution is 2.46. The summed E-state index contributed by atoms with van der Waals surface area (Å²) in [5.41, 5.74) is 5.49. The molecule has 1 rings (SSSR count). The Morgan fingerprint density at radius 1 is 1.31 bits per heavy atom. The van der Waals surface area contributed by atoms with E-state index >= 15 is 0 Å². The number of imide groups is 1. The normalized spacial score (nSPS) is 26.4. The van der Waals surface area contributed by atoms with Gasteiger partial charge in [0.1, 0.15) is 6.04 Å². The van der Waals surface area contributed by atoms with Crippen molar-refractivity contribution in [3.8, 4) is 0 Å². The molecule has 1 heterocycles. The first-order valence-electron chi connectivity index (χ1n) is 9.57. The molecule has 4 atom stereocenters. The summed E-state index contributed by atoms with van der Waals surface area (Å²) in [4.78, 5) is 35.2. The molecule has 1 saturated heterocycles. The molecule has 0 bridgehead atoms. The van der Waals surface area contributed by atoms with Gasteiger partial charge in [-0.25, -0.2) is 4.79 Å². The zero-order chi connectivity index (χ0) is 19.8. The van der Waals surface area contributed by atoms with Crippen molar-refractivity contribution in [1.29, 1.82) is 0 Å². The molecule has 26 heavy (non-hydrogen) atoms. The van der Waals surface area contributed by atoms with Gasteiger partial charge in [0.25, 0.3) is 0 Å². The van der Waals surface area contributed by atoms with Crippen LogP contribution in [0.15, 0.2) is 0 Å². The maximum Gasteiger partial charge on any atom is 0.521 e. The van der Waals surface area contributed by atoms with E-state index in [0.29, 0.717) is 38.6 Å². The van der Waals surface area contributed by atoms with Crippen molar-refractivity contribution in [2.75, 3.05) is 19.3 Å². The highest BCUT2D eigenvalue weighted by molar-refractivity contribution is 7.52. The molecule has 2 amide bonds. The van der Waals surface area contributed by atoms with Crippen LogP contribution in [0.3, 0.4) is 0 Å². The summed E-state index contributed by atoms with van der Waals surface area (Å²) in [6.45, 7) is 4.34. The Morgan fingerprint density at radius 2 is 2.00 bits per heavy atom. The number of carbonyl (C=O) groups is 2. The van der Waals surface area contributed by atoms with Crippen molar-refractivity contribution in [3.63, 3.8) is 0 Å². The Hall–Kier alpha value is -0.790. The molecule has 0 aliphatic carbocycles. The van der Waals surface area contributed by atoms with Crippen LogP contribution in [0.1, 0.15) is 65.2 Å². The molecule has 8 nitrogen and oxygen atoms in total. The predicted octanol–water partition coefficient (Wildman–Crippen LogP) is 3.08. The number of likely N-dealkylation sites (tertiary alicyclic amines) is 1. The van der Waals surface area contributed by atoms with Crippen LogP contribution >= 0.6 is 7.60 Å². The van der Waals surface area contributed by atoms with Crippen molar-refractivity contribution >= 4 is 19.6 Å². The Balaban J connectivity index is 2.98. The summed E-state index contributed by atoms with van der Waals surface area (Å²) in [5.74, 6) is -0.621. The molecule has 0 saturated carbocycles. The van der Waals surface area contributed by atoms with Crippen molar-refractivity contribution in [2.24, 2.45) is 5.73 Å². The molecule has 1 fully saturated rings. The lowest BCUT2D eigenvalue weighted by atomic mass is 10.1. The van der Waals surface area contributed by atoms with E-state index < -0.39 is 30.2 Å². The average molecular weight is 393 g/mol. The standard InChI is InChI=1S/C17H33N2O6P/c1-3-4-7-13-26(23,24)25-15(10-5-6-11-18)16(20)19(17(21)22)12-8-9-14(19)2/h14-15H,3-13,18H2,1-2H3,(H-,21,22,23,24)/p+1/t14-,15+,19?/m1/s1. The number of carboxylic acid groups (broad SMARTS) is 1. The summed E-state index contributed by atoms with van der Waals surface area (Å²) < 4.78 is 17.1. The molecule has 4 N–H and O–H groups in total. The summed E-state index contributed by atoms with van der Waals surface area (Å²) in [7, 11) is -3.96.